The highest BCUT2D eigenvalue weighted by molar-refractivity contribution is 5.39. The van der Waals surface area contributed by atoms with E-state index in [1.165, 1.54) is 11.1 Å². The van der Waals surface area contributed by atoms with Crippen LogP contribution in [-0.2, 0) is 0 Å². The molecule has 0 radical (unpaired) electrons. The summed E-state index contributed by atoms with van der Waals surface area (Å²) in [6.45, 7) is 14.7. The molecule has 2 aromatic rings. The Balaban J connectivity index is 0.000000472. The number of benzene rings is 2. The Labute approximate surface area is 161 Å². The second-order valence-electron chi connectivity index (χ2n) is 7.52. The summed E-state index contributed by atoms with van der Waals surface area (Å²) in [5.74, 6) is 1.54. The van der Waals surface area contributed by atoms with Crippen LogP contribution in [0.15, 0.2) is 54.6 Å². The van der Waals surface area contributed by atoms with Crippen LogP contribution in [-0.4, -0.2) is 30.6 Å². The van der Waals surface area contributed by atoms with E-state index in [0.29, 0.717) is 18.0 Å². The van der Waals surface area contributed by atoms with Crippen LogP contribution in [0.1, 0.15) is 58.1 Å². The minimum atomic E-state index is 0.518. The number of methoxy groups -OCH3 is 1. The van der Waals surface area contributed by atoms with Gasteiger partial charge in [-0.1, -0.05) is 61.0 Å². The van der Waals surface area contributed by atoms with Crippen molar-refractivity contribution in [2.45, 2.75) is 66.0 Å². The molecule has 1 atom stereocenters. The first-order valence-electron chi connectivity index (χ1n) is 9.77. The number of ether oxygens (including phenoxy) is 1. The average Bonchev–Trinajstić information content (AvgIpc) is 2.63. The van der Waals surface area contributed by atoms with Crippen molar-refractivity contribution in [2.75, 3.05) is 13.7 Å². The van der Waals surface area contributed by atoms with Gasteiger partial charge in [0.15, 0.2) is 0 Å². The lowest BCUT2D eigenvalue weighted by molar-refractivity contribution is 0.169. The lowest BCUT2D eigenvalue weighted by Crippen LogP contribution is -2.38. The number of hydrogen-bond acceptors (Lipinski definition) is 2. The first kappa shape index (κ1) is 22.2. The zero-order valence-corrected chi connectivity index (χ0v) is 17.7. The maximum atomic E-state index is 5.51. The van der Waals surface area contributed by atoms with Crippen molar-refractivity contribution in [3.63, 3.8) is 0 Å². The molecule has 0 saturated heterocycles. The highest BCUT2D eigenvalue weighted by Gasteiger charge is 2.17. The summed E-state index contributed by atoms with van der Waals surface area (Å²) in [4.78, 5) is 2.55. The van der Waals surface area contributed by atoms with Gasteiger partial charge in [0.1, 0.15) is 5.75 Å². The Kier molecular flexibility index (Phi) is 10.0. The molecule has 0 aliphatic heterocycles. The Bertz CT molecular complexity index is 572. The fourth-order valence-corrected chi connectivity index (χ4v) is 3.23. The number of rotatable bonds is 7. The van der Waals surface area contributed by atoms with Crippen LogP contribution in [0.2, 0.25) is 0 Å². The molecule has 2 rings (SSSR count). The molecule has 0 N–H and O–H groups in total. The van der Waals surface area contributed by atoms with E-state index in [1.54, 1.807) is 7.11 Å². The molecule has 0 amide bonds. The largest absolute Gasteiger partial charge is 0.496 e. The second-order valence-corrected chi connectivity index (χ2v) is 7.52. The predicted molar refractivity (Wildman–Crippen MR) is 114 cm³/mol. The monoisotopic (exact) mass is 355 g/mol. The Morgan fingerprint density at radius 3 is 1.77 bits per heavy atom. The molecule has 2 heteroatoms. The molecule has 1 unspecified atom stereocenters. The molecule has 0 aliphatic rings. The van der Waals surface area contributed by atoms with E-state index < -0.39 is 0 Å². The molecule has 2 aromatic carbocycles. The SMILES string of the molecule is COc1ccc(C)cc1C(C)CCN(C(C)C)C(C)C.c1ccccc1. The summed E-state index contributed by atoms with van der Waals surface area (Å²) >= 11 is 0. The van der Waals surface area contributed by atoms with Gasteiger partial charge in [-0.3, -0.25) is 4.90 Å². The molecule has 0 saturated carbocycles. The average molecular weight is 356 g/mol. The molecule has 0 fully saturated rings. The second kappa shape index (κ2) is 11.7. The summed E-state index contributed by atoms with van der Waals surface area (Å²) in [7, 11) is 1.76. The van der Waals surface area contributed by atoms with E-state index in [4.69, 9.17) is 4.74 Å². The van der Waals surface area contributed by atoms with E-state index in [2.05, 4.69) is 64.6 Å². The Hall–Kier alpha value is -1.80. The van der Waals surface area contributed by atoms with Crippen molar-refractivity contribution < 1.29 is 4.74 Å². The van der Waals surface area contributed by atoms with Gasteiger partial charge < -0.3 is 4.74 Å². The molecule has 0 spiro atoms. The third-order valence-electron chi connectivity index (χ3n) is 4.73. The maximum absolute atomic E-state index is 5.51. The Morgan fingerprint density at radius 2 is 1.35 bits per heavy atom. The van der Waals surface area contributed by atoms with Crippen LogP contribution in [0.25, 0.3) is 0 Å². The third-order valence-corrected chi connectivity index (χ3v) is 4.73. The number of hydrogen-bond donors (Lipinski definition) is 0. The van der Waals surface area contributed by atoms with Gasteiger partial charge >= 0.3 is 0 Å². The van der Waals surface area contributed by atoms with Gasteiger partial charge in [0, 0.05) is 12.1 Å². The summed E-state index contributed by atoms with van der Waals surface area (Å²) < 4.78 is 5.51. The molecular weight excluding hydrogens is 318 g/mol. The van der Waals surface area contributed by atoms with Crippen molar-refractivity contribution >= 4 is 0 Å². The minimum absolute atomic E-state index is 0.518. The van der Waals surface area contributed by atoms with Gasteiger partial charge in [-0.15, -0.1) is 0 Å². The van der Waals surface area contributed by atoms with Gasteiger partial charge in [0.25, 0.3) is 0 Å². The lowest BCUT2D eigenvalue weighted by atomic mass is 9.94. The summed E-state index contributed by atoms with van der Waals surface area (Å²) in [6, 6.07) is 19.7. The van der Waals surface area contributed by atoms with Crippen LogP contribution in [0.3, 0.4) is 0 Å². The van der Waals surface area contributed by atoms with Gasteiger partial charge in [-0.05, 0) is 65.1 Å². The van der Waals surface area contributed by atoms with E-state index in [1.807, 2.05) is 36.4 Å². The van der Waals surface area contributed by atoms with Gasteiger partial charge in [-0.25, -0.2) is 0 Å². The summed E-state index contributed by atoms with van der Waals surface area (Å²) in [6.07, 6.45) is 1.16. The first-order valence-corrected chi connectivity index (χ1v) is 9.77. The molecule has 144 valence electrons. The maximum Gasteiger partial charge on any atom is 0.122 e. The van der Waals surface area contributed by atoms with Crippen LogP contribution in [0, 0.1) is 6.92 Å². The van der Waals surface area contributed by atoms with Crippen molar-refractivity contribution in [3.05, 3.63) is 65.7 Å². The fourth-order valence-electron chi connectivity index (χ4n) is 3.23. The molecular formula is C24H37NO. The Morgan fingerprint density at radius 1 is 0.846 bits per heavy atom. The smallest absolute Gasteiger partial charge is 0.122 e. The highest BCUT2D eigenvalue weighted by Crippen LogP contribution is 2.30. The quantitative estimate of drug-likeness (QED) is 0.577. The van der Waals surface area contributed by atoms with E-state index in [-0.39, 0.29) is 0 Å². The number of nitrogens with zero attached hydrogens (tertiary/aromatic N) is 1. The van der Waals surface area contributed by atoms with Crippen LogP contribution >= 0.6 is 0 Å². The van der Waals surface area contributed by atoms with Gasteiger partial charge in [0.2, 0.25) is 0 Å². The normalized spacial score (nSPS) is 12.1. The van der Waals surface area contributed by atoms with E-state index >= 15 is 0 Å². The zero-order valence-electron chi connectivity index (χ0n) is 17.7. The molecule has 0 heterocycles. The van der Waals surface area contributed by atoms with Crippen LogP contribution < -0.4 is 4.74 Å². The minimum Gasteiger partial charge on any atom is -0.496 e. The van der Waals surface area contributed by atoms with Crippen molar-refractivity contribution in [1.29, 1.82) is 0 Å². The van der Waals surface area contributed by atoms with Crippen molar-refractivity contribution in [1.82, 2.24) is 4.90 Å². The number of aryl methyl sites for hydroxylation is 1. The lowest BCUT2D eigenvalue weighted by Gasteiger charge is -2.31. The van der Waals surface area contributed by atoms with Gasteiger partial charge in [-0.2, -0.15) is 0 Å². The van der Waals surface area contributed by atoms with Crippen molar-refractivity contribution in [3.8, 4) is 5.75 Å². The predicted octanol–water partition coefficient (Wildman–Crippen LogP) is 6.30. The van der Waals surface area contributed by atoms with E-state index in [9.17, 15) is 0 Å². The fraction of sp³-hybridized carbons (Fsp3) is 0.500. The molecule has 0 bridgehead atoms. The van der Waals surface area contributed by atoms with Crippen LogP contribution in [0.5, 0.6) is 5.75 Å². The van der Waals surface area contributed by atoms with Crippen LogP contribution in [0.4, 0.5) is 0 Å². The molecule has 0 aliphatic carbocycles. The van der Waals surface area contributed by atoms with Crippen molar-refractivity contribution in [2.24, 2.45) is 0 Å². The third kappa shape index (κ3) is 7.61. The van der Waals surface area contributed by atoms with Gasteiger partial charge in [0.05, 0.1) is 7.11 Å². The highest BCUT2D eigenvalue weighted by atomic mass is 16.5. The summed E-state index contributed by atoms with van der Waals surface area (Å²) in [5.41, 5.74) is 2.64. The van der Waals surface area contributed by atoms with E-state index in [0.717, 1.165) is 18.7 Å². The first-order chi connectivity index (χ1) is 12.4. The zero-order chi connectivity index (χ0) is 19.5. The molecule has 2 nitrogen and oxygen atoms in total. The topological polar surface area (TPSA) is 12.5 Å². The molecule has 0 aromatic heterocycles. The summed E-state index contributed by atoms with van der Waals surface area (Å²) in [5, 5.41) is 0. The molecule has 26 heavy (non-hydrogen) atoms. The standard InChI is InChI=1S/C18H31NO.C6H6/c1-13(2)19(14(3)4)11-10-16(6)17-12-15(5)8-9-18(17)20-7;1-2-4-6-5-3-1/h8-9,12-14,16H,10-11H2,1-7H3;1-6H.